The fraction of sp³-hybridized carbons (Fsp3) is 0.0435. The van der Waals surface area contributed by atoms with Crippen LogP contribution in [0.15, 0.2) is 73.3 Å². The van der Waals surface area contributed by atoms with E-state index in [4.69, 9.17) is 4.74 Å². The number of hydrogen-bond acceptors (Lipinski definition) is 7. The van der Waals surface area contributed by atoms with Crippen molar-refractivity contribution in [2.45, 2.75) is 6.61 Å². The lowest BCUT2D eigenvalue weighted by Gasteiger charge is -2.14. The van der Waals surface area contributed by atoms with Crippen LogP contribution in [0.4, 0.5) is 5.69 Å². The summed E-state index contributed by atoms with van der Waals surface area (Å²) < 4.78 is 7.43. The summed E-state index contributed by atoms with van der Waals surface area (Å²) in [6.45, 7) is 0.186. The number of hydrogen-bond donors (Lipinski definition) is 2. The average Bonchev–Trinajstić information content (AvgIpc) is 3.55. The number of H-pyrrole nitrogens is 1. The fourth-order valence-electron chi connectivity index (χ4n) is 3.43. The smallest absolute Gasteiger partial charge is 0.257 e. The predicted octanol–water partition coefficient (Wildman–Crippen LogP) is 3.24. The van der Waals surface area contributed by atoms with E-state index in [0.29, 0.717) is 33.8 Å². The first-order valence-electron chi connectivity index (χ1n) is 9.94. The minimum absolute atomic E-state index is 0.186. The predicted molar refractivity (Wildman–Crippen MR) is 119 cm³/mol. The van der Waals surface area contributed by atoms with E-state index < -0.39 is 0 Å². The highest BCUT2D eigenvalue weighted by atomic mass is 16.5. The summed E-state index contributed by atoms with van der Waals surface area (Å²) in [6, 6.07) is 19.9. The zero-order valence-corrected chi connectivity index (χ0v) is 17.1. The van der Waals surface area contributed by atoms with E-state index in [1.54, 1.807) is 48.8 Å². The van der Waals surface area contributed by atoms with Gasteiger partial charge in [-0.2, -0.15) is 9.94 Å². The third kappa shape index (κ3) is 3.98. The number of nitrogens with one attached hydrogen (secondary N) is 2. The highest BCUT2D eigenvalue weighted by Crippen LogP contribution is 2.28. The van der Waals surface area contributed by atoms with Gasteiger partial charge in [0.2, 0.25) is 0 Å². The number of carbonyl (C=O) groups excluding carboxylic acids is 1. The lowest BCUT2D eigenvalue weighted by atomic mass is 10.1. The van der Waals surface area contributed by atoms with Crippen LogP contribution >= 0.6 is 0 Å². The van der Waals surface area contributed by atoms with Gasteiger partial charge in [-0.05, 0) is 46.8 Å². The molecule has 1 amide bonds. The molecule has 0 atom stereocenters. The number of rotatable bonds is 6. The number of ether oxygens (including phenoxy) is 1. The number of nitrogens with zero attached hydrogens (tertiary/aromatic N) is 6. The van der Waals surface area contributed by atoms with E-state index in [2.05, 4.69) is 36.9 Å². The van der Waals surface area contributed by atoms with Crippen LogP contribution in [0.2, 0.25) is 0 Å². The van der Waals surface area contributed by atoms with Gasteiger partial charge in [0.1, 0.15) is 29.9 Å². The summed E-state index contributed by atoms with van der Waals surface area (Å²) in [5, 5.41) is 23.5. The molecule has 160 valence electrons. The van der Waals surface area contributed by atoms with Crippen molar-refractivity contribution in [1.82, 2.24) is 30.2 Å². The second kappa shape index (κ2) is 8.60. The quantitative estimate of drug-likeness (QED) is 0.417. The Kier molecular flexibility index (Phi) is 5.19. The molecule has 0 aliphatic heterocycles. The molecule has 5 rings (SSSR count). The molecule has 5 aromatic rings. The van der Waals surface area contributed by atoms with E-state index in [9.17, 15) is 10.1 Å². The maximum Gasteiger partial charge on any atom is 0.257 e. The van der Waals surface area contributed by atoms with Crippen LogP contribution in [-0.2, 0) is 6.61 Å². The van der Waals surface area contributed by atoms with Gasteiger partial charge in [0, 0.05) is 11.3 Å². The lowest BCUT2D eigenvalue weighted by molar-refractivity contribution is 0.102. The van der Waals surface area contributed by atoms with Crippen molar-refractivity contribution in [2.24, 2.45) is 0 Å². The Morgan fingerprint density at radius 2 is 2.06 bits per heavy atom. The highest BCUT2D eigenvalue weighted by Gasteiger charge is 2.15. The van der Waals surface area contributed by atoms with Crippen LogP contribution in [0.5, 0.6) is 5.75 Å². The van der Waals surface area contributed by atoms with Gasteiger partial charge in [0.15, 0.2) is 0 Å². The molecule has 0 aliphatic rings. The number of carbonyl (C=O) groups is 1. The van der Waals surface area contributed by atoms with Crippen LogP contribution in [-0.4, -0.2) is 36.1 Å². The molecule has 0 radical (unpaired) electrons. The number of fused-ring (bicyclic) bond motifs is 1. The van der Waals surface area contributed by atoms with Crippen LogP contribution in [0.25, 0.3) is 16.7 Å². The van der Waals surface area contributed by atoms with Crippen molar-refractivity contribution in [3.05, 3.63) is 90.0 Å². The Balaban J connectivity index is 1.43. The maximum absolute atomic E-state index is 12.9. The SMILES string of the molecule is N#Cc1ccccc1COc1ccc(NC(=O)c2cccc3[nH]cnc23)cc1-n1cnnn1. The third-order valence-electron chi connectivity index (χ3n) is 5.03. The number of anilines is 1. The normalized spacial score (nSPS) is 10.6. The molecule has 0 saturated heterocycles. The van der Waals surface area contributed by atoms with E-state index in [1.807, 2.05) is 18.2 Å². The molecule has 0 saturated carbocycles. The maximum atomic E-state index is 12.9. The molecule has 33 heavy (non-hydrogen) atoms. The van der Waals surface area contributed by atoms with Crippen molar-refractivity contribution in [3.8, 4) is 17.5 Å². The van der Waals surface area contributed by atoms with Gasteiger partial charge in [0.25, 0.3) is 5.91 Å². The number of aromatic nitrogens is 6. The van der Waals surface area contributed by atoms with E-state index in [0.717, 1.165) is 11.1 Å². The standard InChI is InChI=1S/C23H16N8O2/c24-11-15-4-1-2-5-16(15)12-33-21-9-8-17(10-20(21)31-14-27-29-30-31)28-23(32)18-6-3-7-19-22(18)26-13-25-19/h1-10,13-14H,12H2,(H,25,26)(H,28,32). The lowest BCUT2D eigenvalue weighted by Crippen LogP contribution is -2.13. The number of benzene rings is 3. The molecular weight excluding hydrogens is 420 g/mol. The first-order chi connectivity index (χ1) is 16.2. The molecule has 0 aliphatic carbocycles. The van der Waals surface area contributed by atoms with E-state index in [-0.39, 0.29) is 12.5 Å². The number of amides is 1. The second-order valence-electron chi connectivity index (χ2n) is 7.05. The topological polar surface area (TPSA) is 134 Å². The van der Waals surface area contributed by atoms with Gasteiger partial charge >= 0.3 is 0 Å². The molecular formula is C23H16N8O2. The van der Waals surface area contributed by atoms with Gasteiger partial charge in [-0.25, -0.2) is 4.98 Å². The van der Waals surface area contributed by atoms with Crippen molar-refractivity contribution < 1.29 is 9.53 Å². The van der Waals surface area contributed by atoms with Gasteiger partial charge in [0.05, 0.1) is 29.0 Å². The average molecular weight is 436 g/mol. The summed E-state index contributed by atoms with van der Waals surface area (Å²) in [7, 11) is 0. The second-order valence-corrected chi connectivity index (χ2v) is 7.05. The summed E-state index contributed by atoms with van der Waals surface area (Å²) >= 11 is 0. The Morgan fingerprint density at radius 3 is 2.91 bits per heavy atom. The van der Waals surface area contributed by atoms with Crippen LogP contribution in [0, 0.1) is 11.3 Å². The van der Waals surface area contributed by atoms with E-state index >= 15 is 0 Å². The summed E-state index contributed by atoms with van der Waals surface area (Å²) in [6.07, 6.45) is 2.98. The Labute approximate surface area is 187 Å². The summed E-state index contributed by atoms with van der Waals surface area (Å²) in [5.41, 5.74) is 4.18. The van der Waals surface area contributed by atoms with Crippen molar-refractivity contribution in [2.75, 3.05) is 5.32 Å². The minimum Gasteiger partial charge on any atom is -0.487 e. The molecule has 2 heterocycles. The summed E-state index contributed by atoms with van der Waals surface area (Å²) in [4.78, 5) is 20.1. The molecule has 2 N–H and O–H groups in total. The molecule has 2 aromatic heterocycles. The van der Waals surface area contributed by atoms with Crippen molar-refractivity contribution in [1.29, 1.82) is 5.26 Å². The molecule has 10 nitrogen and oxygen atoms in total. The number of nitriles is 1. The largest absolute Gasteiger partial charge is 0.487 e. The Morgan fingerprint density at radius 1 is 1.15 bits per heavy atom. The molecule has 0 unspecified atom stereocenters. The first kappa shape index (κ1) is 19.9. The minimum atomic E-state index is -0.299. The monoisotopic (exact) mass is 436 g/mol. The van der Waals surface area contributed by atoms with Crippen molar-refractivity contribution >= 4 is 22.6 Å². The number of imidazole rings is 1. The van der Waals surface area contributed by atoms with Crippen LogP contribution < -0.4 is 10.1 Å². The highest BCUT2D eigenvalue weighted by molar-refractivity contribution is 6.11. The number of aromatic amines is 1. The van der Waals surface area contributed by atoms with Gasteiger partial charge in [-0.1, -0.05) is 24.3 Å². The Hall–Kier alpha value is -5.04. The van der Waals surface area contributed by atoms with Crippen LogP contribution in [0.1, 0.15) is 21.5 Å². The van der Waals surface area contributed by atoms with Gasteiger partial charge in [-0.15, -0.1) is 5.10 Å². The summed E-state index contributed by atoms with van der Waals surface area (Å²) in [5.74, 6) is 0.189. The Bertz CT molecular complexity index is 1480. The van der Waals surface area contributed by atoms with Crippen LogP contribution in [0.3, 0.4) is 0 Å². The number of tetrazole rings is 1. The van der Waals surface area contributed by atoms with Crippen molar-refractivity contribution in [3.63, 3.8) is 0 Å². The third-order valence-corrected chi connectivity index (χ3v) is 5.03. The fourth-order valence-corrected chi connectivity index (χ4v) is 3.43. The number of para-hydroxylation sites is 1. The molecule has 0 spiro atoms. The van der Waals surface area contributed by atoms with E-state index in [1.165, 1.54) is 11.0 Å². The zero-order valence-electron chi connectivity index (χ0n) is 17.1. The molecule has 0 fully saturated rings. The van der Waals surface area contributed by atoms with Gasteiger partial charge < -0.3 is 15.0 Å². The van der Waals surface area contributed by atoms with Gasteiger partial charge in [-0.3, -0.25) is 4.79 Å². The molecule has 10 heteroatoms. The molecule has 3 aromatic carbocycles. The molecule has 0 bridgehead atoms. The zero-order chi connectivity index (χ0) is 22.6. The first-order valence-corrected chi connectivity index (χ1v) is 9.94.